The van der Waals surface area contributed by atoms with Crippen molar-refractivity contribution in [3.63, 3.8) is 0 Å². The highest BCUT2D eigenvalue weighted by molar-refractivity contribution is 8.18. The Morgan fingerprint density at radius 1 is 1.11 bits per heavy atom. The summed E-state index contributed by atoms with van der Waals surface area (Å²) in [7, 11) is 0. The van der Waals surface area contributed by atoms with E-state index >= 15 is 0 Å². The molecule has 1 aliphatic carbocycles. The highest BCUT2D eigenvalue weighted by atomic mass is 32.2. The monoisotopic (exact) mass is 496 g/mol. The first-order valence-electron chi connectivity index (χ1n) is 12.4. The fourth-order valence-electron chi connectivity index (χ4n) is 4.28. The van der Waals surface area contributed by atoms with Gasteiger partial charge in [-0.15, -0.1) is 0 Å². The van der Waals surface area contributed by atoms with Crippen LogP contribution >= 0.6 is 11.8 Å². The predicted octanol–water partition coefficient (Wildman–Crippen LogP) is 7.20. The van der Waals surface area contributed by atoms with Crippen LogP contribution in [0.1, 0.15) is 58.4 Å². The normalized spacial score (nSPS) is 19.2. The SMILES string of the molecule is CCOc1cc(/C=C2\SC(=Nc3ccccc3F)N(C3CCCCC3)C2=O)ccc1OCC(C)C. The maximum Gasteiger partial charge on any atom is 0.267 e. The van der Waals surface area contributed by atoms with Crippen molar-refractivity contribution in [1.82, 2.24) is 4.90 Å². The molecule has 2 aromatic carbocycles. The smallest absolute Gasteiger partial charge is 0.267 e. The lowest BCUT2D eigenvalue weighted by Crippen LogP contribution is -2.40. The number of halogens is 1. The Balaban J connectivity index is 1.66. The molecule has 0 unspecified atom stereocenters. The average Bonchev–Trinajstić information content (AvgIpc) is 3.15. The van der Waals surface area contributed by atoms with E-state index in [1.165, 1.54) is 24.2 Å². The highest BCUT2D eigenvalue weighted by Gasteiger charge is 2.38. The Labute approximate surface area is 211 Å². The van der Waals surface area contributed by atoms with Crippen LogP contribution < -0.4 is 9.47 Å². The molecule has 1 aliphatic heterocycles. The van der Waals surface area contributed by atoms with Gasteiger partial charge in [-0.2, -0.15) is 0 Å². The first-order valence-corrected chi connectivity index (χ1v) is 13.2. The van der Waals surface area contributed by atoms with Crippen LogP contribution in [0.3, 0.4) is 0 Å². The van der Waals surface area contributed by atoms with Crippen molar-refractivity contribution in [1.29, 1.82) is 0 Å². The average molecular weight is 497 g/mol. The maximum atomic E-state index is 14.4. The molecule has 7 heteroatoms. The second kappa shape index (κ2) is 11.8. The number of hydrogen-bond acceptors (Lipinski definition) is 5. The number of nitrogens with zero attached hydrogens (tertiary/aromatic N) is 2. The van der Waals surface area contributed by atoms with Gasteiger partial charge in [0.15, 0.2) is 16.7 Å². The van der Waals surface area contributed by atoms with Crippen LogP contribution in [0.15, 0.2) is 52.4 Å². The Morgan fingerprint density at radius 2 is 1.89 bits per heavy atom. The van der Waals surface area contributed by atoms with E-state index in [0.29, 0.717) is 40.7 Å². The summed E-state index contributed by atoms with van der Waals surface area (Å²) in [4.78, 5) is 20.5. The minimum atomic E-state index is -0.396. The van der Waals surface area contributed by atoms with E-state index in [4.69, 9.17) is 9.47 Å². The van der Waals surface area contributed by atoms with Gasteiger partial charge in [-0.05, 0) is 73.4 Å². The molecule has 1 amide bonds. The van der Waals surface area contributed by atoms with Crippen molar-refractivity contribution in [2.24, 2.45) is 10.9 Å². The van der Waals surface area contributed by atoms with Crippen LogP contribution in [0.2, 0.25) is 0 Å². The lowest BCUT2D eigenvalue weighted by molar-refractivity contribution is -0.124. The number of carbonyl (C=O) groups excluding carboxylic acids is 1. The van der Waals surface area contributed by atoms with Gasteiger partial charge >= 0.3 is 0 Å². The lowest BCUT2D eigenvalue weighted by Gasteiger charge is -2.30. The predicted molar refractivity (Wildman–Crippen MR) is 141 cm³/mol. The van der Waals surface area contributed by atoms with E-state index in [-0.39, 0.29) is 17.6 Å². The zero-order valence-electron chi connectivity index (χ0n) is 20.6. The third-order valence-electron chi connectivity index (χ3n) is 5.98. The molecule has 2 aliphatic rings. The maximum absolute atomic E-state index is 14.4. The van der Waals surface area contributed by atoms with Crippen molar-refractivity contribution >= 4 is 34.6 Å². The Kier molecular flexibility index (Phi) is 8.50. The number of benzene rings is 2. The molecule has 0 atom stereocenters. The quantitative estimate of drug-likeness (QED) is 0.363. The van der Waals surface area contributed by atoms with Crippen LogP contribution in [0, 0.1) is 11.7 Å². The van der Waals surface area contributed by atoms with E-state index in [1.54, 1.807) is 23.1 Å². The molecule has 1 saturated heterocycles. The van der Waals surface area contributed by atoms with Crippen molar-refractivity contribution in [3.8, 4) is 11.5 Å². The lowest BCUT2D eigenvalue weighted by atomic mass is 9.94. The second-order valence-corrected chi connectivity index (χ2v) is 10.3. The topological polar surface area (TPSA) is 51.1 Å². The molecule has 2 aromatic rings. The molecule has 35 heavy (non-hydrogen) atoms. The largest absolute Gasteiger partial charge is 0.490 e. The molecule has 0 bridgehead atoms. The number of aliphatic imine (C=N–C) groups is 1. The summed E-state index contributed by atoms with van der Waals surface area (Å²) < 4.78 is 26.1. The number of para-hydroxylation sites is 1. The van der Waals surface area contributed by atoms with Gasteiger partial charge in [-0.25, -0.2) is 9.38 Å². The van der Waals surface area contributed by atoms with Crippen LogP contribution in [0.25, 0.3) is 6.08 Å². The number of hydrogen-bond donors (Lipinski definition) is 0. The minimum Gasteiger partial charge on any atom is -0.490 e. The third-order valence-corrected chi connectivity index (χ3v) is 6.97. The summed E-state index contributed by atoms with van der Waals surface area (Å²) in [5.74, 6) is 1.28. The van der Waals surface area contributed by atoms with Crippen molar-refractivity contribution in [2.75, 3.05) is 13.2 Å². The number of amidine groups is 1. The van der Waals surface area contributed by atoms with E-state index in [2.05, 4.69) is 18.8 Å². The number of amides is 1. The van der Waals surface area contributed by atoms with Crippen LogP contribution in [0.5, 0.6) is 11.5 Å². The zero-order valence-corrected chi connectivity index (χ0v) is 21.4. The Bertz CT molecular complexity index is 1110. The van der Waals surface area contributed by atoms with Gasteiger partial charge in [0.05, 0.1) is 18.1 Å². The summed E-state index contributed by atoms with van der Waals surface area (Å²) in [5, 5.41) is 0.542. The van der Waals surface area contributed by atoms with Crippen molar-refractivity contribution < 1.29 is 18.7 Å². The number of thioether (sulfide) groups is 1. The van der Waals surface area contributed by atoms with Crippen LogP contribution in [0.4, 0.5) is 10.1 Å². The molecule has 186 valence electrons. The van der Waals surface area contributed by atoms with Crippen molar-refractivity contribution in [3.05, 3.63) is 58.8 Å². The minimum absolute atomic E-state index is 0.0740. The highest BCUT2D eigenvalue weighted by Crippen LogP contribution is 2.39. The van der Waals surface area contributed by atoms with Gasteiger partial charge in [-0.1, -0.05) is 51.3 Å². The van der Waals surface area contributed by atoms with Crippen molar-refractivity contribution in [2.45, 2.75) is 58.9 Å². The molecule has 4 rings (SSSR count). The third kappa shape index (κ3) is 6.26. The Hall–Kier alpha value is -2.80. The first kappa shape index (κ1) is 25.3. The van der Waals surface area contributed by atoms with E-state index in [0.717, 1.165) is 31.2 Å². The molecular weight excluding hydrogens is 463 g/mol. The number of carbonyl (C=O) groups is 1. The molecule has 0 radical (unpaired) electrons. The molecule has 5 nitrogen and oxygen atoms in total. The van der Waals surface area contributed by atoms with Gasteiger partial charge in [-0.3, -0.25) is 9.69 Å². The molecular formula is C28H33FN2O3S. The summed E-state index contributed by atoms with van der Waals surface area (Å²) in [6.07, 6.45) is 7.08. The van der Waals surface area contributed by atoms with Gasteiger partial charge in [0.1, 0.15) is 11.5 Å². The van der Waals surface area contributed by atoms with Gasteiger partial charge in [0.2, 0.25) is 0 Å². The second-order valence-electron chi connectivity index (χ2n) is 9.27. The number of rotatable bonds is 8. The summed E-state index contributed by atoms with van der Waals surface area (Å²) in [6, 6.07) is 12.2. The van der Waals surface area contributed by atoms with Gasteiger partial charge in [0, 0.05) is 6.04 Å². The molecule has 0 spiro atoms. The fraction of sp³-hybridized carbons (Fsp3) is 0.429. The van der Waals surface area contributed by atoms with E-state index < -0.39 is 5.82 Å². The summed E-state index contributed by atoms with van der Waals surface area (Å²) >= 11 is 1.31. The van der Waals surface area contributed by atoms with Crippen LogP contribution in [-0.2, 0) is 4.79 Å². The fourth-order valence-corrected chi connectivity index (χ4v) is 5.33. The molecule has 1 heterocycles. The first-order chi connectivity index (χ1) is 17.0. The summed E-state index contributed by atoms with van der Waals surface area (Å²) in [6.45, 7) is 7.24. The molecule has 0 aromatic heterocycles. The molecule has 0 N–H and O–H groups in total. The molecule has 1 saturated carbocycles. The van der Waals surface area contributed by atoms with Crippen LogP contribution in [-0.4, -0.2) is 35.2 Å². The Morgan fingerprint density at radius 3 is 2.60 bits per heavy atom. The number of ether oxygens (including phenoxy) is 2. The van der Waals surface area contributed by atoms with Gasteiger partial charge in [0.25, 0.3) is 5.91 Å². The van der Waals surface area contributed by atoms with Gasteiger partial charge < -0.3 is 9.47 Å². The zero-order chi connectivity index (χ0) is 24.8. The molecule has 2 fully saturated rings. The van der Waals surface area contributed by atoms with E-state index in [1.807, 2.05) is 31.2 Å². The summed E-state index contributed by atoms with van der Waals surface area (Å²) in [5.41, 5.74) is 1.09. The standard InChI is InChI=1S/C28H33FN2O3S/c1-4-33-25-16-20(14-15-24(25)34-18-19(2)3)17-26-27(32)31(21-10-6-5-7-11-21)28(35-26)30-23-13-9-8-12-22(23)29/h8-9,12-17,19,21H,4-7,10-11,18H2,1-3H3/b26-17-,30-28?. The van der Waals surface area contributed by atoms with E-state index in [9.17, 15) is 9.18 Å².